The third-order valence-electron chi connectivity index (χ3n) is 6.15. The SMILES string of the molecule is C/C=C(Br)\C=C/CCNC(OCC1(CO)CC1)(C1=C(C=O)CC=CC=C1Cl)c1ccc(Cl)cc1.CC. The Bertz CT molecular complexity index is 1020. The van der Waals surface area contributed by atoms with Gasteiger partial charge in [0.25, 0.3) is 0 Å². The predicted molar refractivity (Wildman–Crippen MR) is 154 cm³/mol. The minimum absolute atomic E-state index is 0.0501. The van der Waals surface area contributed by atoms with Gasteiger partial charge in [0.15, 0.2) is 5.72 Å². The standard InChI is InChI=1S/C27H30BrCl2NO3.C2H6/c1-2-22(28)8-5-6-16-31-27(21-10-12-23(29)13-11-21,34-19-26(18-33)14-15-26)25-20(17-32)7-3-4-9-24(25)30;1-2/h2-5,8-13,17,31,33H,6-7,14-16,18-19H2,1H3;1-2H3/b8-5-,22-2+;. The molecule has 1 fully saturated rings. The normalized spacial score (nSPS) is 18.8. The molecule has 3 rings (SSSR count). The Kier molecular flexibility index (Phi) is 12.9. The molecule has 0 aliphatic heterocycles. The highest BCUT2D eigenvalue weighted by atomic mass is 79.9. The molecule has 0 radical (unpaired) electrons. The number of hydrogen-bond donors (Lipinski definition) is 2. The number of carbonyl (C=O) groups is 1. The second-order valence-corrected chi connectivity index (χ2v) is 10.4. The van der Waals surface area contributed by atoms with Crippen molar-refractivity contribution < 1.29 is 14.6 Å². The van der Waals surface area contributed by atoms with E-state index in [-0.39, 0.29) is 12.0 Å². The summed E-state index contributed by atoms with van der Waals surface area (Å²) < 4.78 is 7.69. The van der Waals surface area contributed by atoms with E-state index in [0.717, 1.165) is 35.6 Å². The summed E-state index contributed by atoms with van der Waals surface area (Å²) in [5.41, 5.74) is 0.447. The van der Waals surface area contributed by atoms with Gasteiger partial charge in [-0.15, -0.1) is 0 Å². The summed E-state index contributed by atoms with van der Waals surface area (Å²) in [5, 5.41) is 14.5. The minimum atomic E-state index is -1.20. The van der Waals surface area contributed by atoms with Crippen molar-refractivity contribution in [1.29, 1.82) is 0 Å². The number of aldehydes is 1. The monoisotopic (exact) mass is 595 g/mol. The van der Waals surface area contributed by atoms with Crippen LogP contribution in [0, 0.1) is 5.41 Å². The molecule has 36 heavy (non-hydrogen) atoms. The molecule has 0 saturated heterocycles. The van der Waals surface area contributed by atoms with E-state index in [1.54, 1.807) is 18.2 Å². The molecule has 1 aromatic rings. The quantitative estimate of drug-likeness (QED) is 0.112. The zero-order valence-corrected chi connectivity index (χ0v) is 24.3. The summed E-state index contributed by atoms with van der Waals surface area (Å²) in [7, 11) is 0. The Hall–Kier alpha value is -1.47. The zero-order valence-electron chi connectivity index (χ0n) is 21.2. The lowest BCUT2D eigenvalue weighted by molar-refractivity contribution is -0.105. The molecule has 196 valence electrons. The molecule has 0 aromatic heterocycles. The van der Waals surface area contributed by atoms with Crippen LogP contribution in [0.2, 0.25) is 5.02 Å². The van der Waals surface area contributed by atoms with Gasteiger partial charge in [-0.3, -0.25) is 10.1 Å². The van der Waals surface area contributed by atoms with Crippen molar-refractivity contribution in [1.82, 2.24) is 5.32 Å². The average molecular weight is 597 g/mol. The third-order valence-corrected chi connectivity index (χ3v) is 7.44. The maximum Gasteiger partial charge on any atom is 0.173 e. The first-order valence-corrected chi connectivity index (χ1v) is 13.9. The predicted octanol–water partition coefficient (Wildman–Crippen LogP) is 7.72. The average Bonchev–Trinajstić information content (AvgIpc) is 3.72. The molecular formula is C29H36BrCl2NO3. The van der Waals surface area contributed by atoms with Gasteiger partial charge in [-0.2, -0.15) is 0 Å². The fraction of sp³-hybridized carbons (Fsp3) is 0.414. The molecule has 1 aromatic carbocycles. The number of benzene rings is 1. The highest BCUT2D eigenvalue weighted by Gasteiger charge is 2.47. The van der Waals surface area contributed by atoms with Crippen molar-refractivity contribution in [2.45, 2.75) is 52.2 Å². The first-order valence-electron chi connectivity index (χ1n) is 12.4. The highest BCUT2D eigenvalue weighted by Crippen LogP contribution is 2.48. The fourth-order valence-electron chi connectivity index (χ4n) is 3.82. The van der Waals surface area contributed by atoms with Gasteiger partial charge in [-0.25, -0.2) is 0 Å². The molecule has 0 amide bonds. The van der Waals surface area contributed by atoms with Crippen LogP contribution < -0.4 is 5.32 Å². The fourth-order valence-corrected chi connectivity index (χ4v) is 4.46. The van der Waals surface area contributed by atoms with Crippen molar-refractivity contribution in [2.75, 3.05) is 19.8 Å². The van der Waals surface area contributed by atoms with Crippen LogP contribution in [0.25, 0.3) is 0 Å². The van der Waals surface area contributed by atoms with Crippen molar-refractivity contribution in [2.24, 2.45) is 5.41 Å². The van der Waals surface area contributed by atoms with E-state index >= 15 is 0 Å². The van der Waals surface area contributed by atoms with Gasteiger partial charge in [-0.1, -0.05) is 95.5 Å². The van der Waals surface area contributed by atoms with Crippen LogP contribution in [0.4, 0.5) is 0 Å². The van der Waals surface area contributed by atoms with E-state index in [2.05, 4.69) is 27.3 Å². The molecule has 1 unspecified atom stereocenters. The van der Waals surface area contributed by atoms with E-state index in [1.165, 1.54) is 0 Å². The second-order valence-electron chi connectivity index (χ2n) is 8.59. The van der Waals surface area contributed by atoms with Gasteiger partial charge in [0, 0.05) is 43.2 Å². The molecule has 1 atom stereocenters. The van der Waals surface area contributed by atoms with E-state index in [1.807, 2.05) is 57.2 Å². The van der Waals surface area contributed by atoms with E-state index in [0.29, 0.717) is 40.8 Å². The molecule has 1 saturated carbocycles. The Labute approximate surface area is 233 Å². The van der Waals surface area contributed by atoms with Gasteiger partial charge in [0.1, 0.15) is 6.29 Å². The Morgan fingerprint density at radius 2 is 1.94 bits per heavy atom. The summed E-state index contributed by atoms with van der Waals surface area (Å²) >= 11 is 16.5. The van der Waals surface area contributed by atoms with Gasteiger partial charge >= 0.3 is 0 Å². The zero-order chi connectivity index (χ0) is 26.6. The lowest BCUT2D eigenvalue weighted by Gasteiger charge is -2.39. The topological polar surface area (TPSA) is 58.6 Å². The lowest BCUT2D eigenvalue weighted by atomic mass is 9.88. The third kappa shape index (κ3) is 8.01. The molecular weight excluding hydrogens is 561 g/mol. The van der Waals surface area contributed by atoms with Gasteiger partial charge in [-0.05, 0) is 50.8 Å². The number of aliphatic hydroxyl groups is 1. The second kappa shape index (κ2) is 15.1. The maximum atomic E-state index is 12.2. The van der Waals surface area contributed by atoms with E-state index in [4.69, 9.17) is 27.9 Å². The Balaban J connectivity index is 0.00000222. The summed E-state index contributed by atoms with van der Waals surface area (Å²) in [6.07, 6.45) is 15.3. The Morgan fingerprint density at radius 3 is 2.53 bits per heavy atom. The summed E-state index contributed by atoms with van der Waals surface area (Å²) in [6.45, 7) is 6.89. The molecule has 0 bridgehead atoms. The van der Waals surface area contributed by atoms with Crippen molar-refractivity contribution in [3.05, 3.63) is 92.0 Å². The van der Waals surface area contributed by atoms with Crippen molar-refractivity contribution >= 4 is 45.4 Å². The molecule has 2 N–H and O–H groups in total. The van der Waals surface area contributed by atoms with Gasteiger partial charge in [0.2, 0.25) is 0 Å². The van der Waals surface area contributed by atoms with Crippen molar-refractivity contribution in [3.63, 3.8) is 0 Å². The van der Waals surface area contributed by atoms with Gasteiger partial charge in [0.05, 0.1) is 13.2 Å². The smallest absolute Gasteiger partial charge is 0.173 e. The number of ether oxygens (including phenoxy) is 1. The first-order chi connectivity index (χ1) is 17.4. The molecule has 2 aliphatic carbocycles. The van der Waals surface area contributed by atoms with Gasteiger partial charge < -0.3 is 9.84 Å². The highest BCUT2D eigenvalue weighted by molar-refractivity contribution is 9.11. The van der Waals surface area contributed by atoms with E-state index in [9.17, 15) is 9.90 Å². The van der Waals surface area contributed by atoms with Crippen LogP contribution in [0.15, 0.2) is 81.4 Å². The number of aliphatic hydroxyl groups excluding tert-OH is 1. The number of rotatable bonds is 12. The minimum Gasteiger partial charge on any atom is -0.396 e. The van der Waals surface area contributed by atoms with E-state index < -0.39 is 5.72 Å². The largest absolute Gasteiger partial charge is 0.396 e. The summed E-state index contributed by atoms with van der Waals surface area (Å²) in [4.78, 5) is 12.2. The molecule has 2 aliphatic rings. The van der Waals surface area contributed by atoms with Crippen LogP contribution in [0.3, 0.4) is 0 Å². The van der Waals surface area contributed by atoms with Crippen molar-refractivity contribution in [3.8, 4) is 0 Å². The summed E-state index contributed by atoms with van der Waals surface area (Å²) in [5.74, 6) is 0. The van der Waals surface area contributed by atoms with Crippen LogP contribution in [0.1, 0.15) is 52.0 Å². The molecule has 0 spiro atoms. The van der Waals surface area contributed by atoms with Crippen LogP contribution in [-0.2, 0) is 15.3 Å². The number of carbonyl (C=O) groups excluding carboxylic acids is 1. The van der Waals surface area contributed by atoms with Crippen LogP contribution >= 0.6 is 39.1 Å². The lowest BCUT2D eigenvalue weighted by Crippen LogP contribution is -2.49. The Morgan fingerprint density at radius 1 is 1.25 bits per heavy atom. The molecule has 4 nitrogen and oxygen atoms in total. The summed E-state index contributed by atoms with van der Waals surface area (Å²) in [6, 6.07) is 7.37. The number of halogens is 3. The number of hydrogen-bond acceptors (Lipinski definition) is 4. The van der Waals surface area contributed by atoms with Crippen LogP contribution in [0.5, 0.6) is 0 Å². The molecule has 0 heterocycles. The maximum absolute atomic E-state index is 12.2. The number of allylic oxidation sites excluding steroid dienone is 7. The number of nitrogens with one attached hydrogen (secondary N) is 1. The first kappa shape index (κ1) is 30.8. The van der Waals surface area contributed by atoms with Crippen LogP contribution in [-0.4, -0.2) is 31.2 Å². The molecule has 7 heteroatoms.